The number of primary amides is 1. The van der Waals surface area contributed by atoms with E-state index >= 15 is 0 Å². The minimum Gasteiger partial charge on any atom is -0.379 e. The van der Waals surface area contributed by atoms with E-state index in [4.69, 9.17) is 10.5 Å². The second-order valence-electron chi connectivity index (χ2n) is 5.97. The van der Waals surface area contributed by atoms with E-state index in [-0.39, 0.29) is 10.6 Å². The second-order valence-corrected chi connectivity index (χ2v) is 7.63. The van der Waals surface area contributed by atoms with E-state index in [9.17, 15) is 13.2 Å². The quantitative estimate of drug-likeness (QED) is 0.603. The summed E-state index contributed by atoms with van der Waals surface area (Å²) >= 11 is 0. The van der Waals surface area contributed by atoms with Gasteiger partial charge in [0, 0.05) is 35.6 Å². The van der Waals surface area contributed by atoms with Crippen molar-refractivity contribution in [3.8, 4) is 0 Å². The number of hydrogen-bond donors (Lipinski definition) is 3. The first-order valence-corrected chi connectivity index (χ1v) is 9.49. The number of aromatic nitrogens is 2. The minimum atomic E-state index is -3.73. The summed E-state index contributed by atoms with van der Waals surface area (Å²) in [5, 5.41) is 2.98. The Bertz CT molecular complexity index is 1100. The zero-order valence-electron chi connectivity index (χ0n) is 13.7. The Labute approximate surface area is 149 Å². The van der Waals surface area contributed by atoms with E-state index in [2.05, 4.69) is 14.8 Å². The molecular formula is C16H17N5O4S. The Hall–Kier alpha value is -2.53. The van der Waals surface area contributed by atoms with Crippen LogP contribution in [0.3, 0.4) is 0 Å². The van der Waals surface area contributed by atoms with Crippen molar-refractivity contribution in [1.29, 1.82) is 0 Å². The molecule has 9 nitrogen and oxygen atoms in total. The highest BCUT2D eigenvalue weighted by atomic mass is 32.2. The maximum Gasteiger partial charge on any atom is 0.269 e. The van der Waals surface area contributed by atoms with Gasteiger partial charge in [-0.2, -0.15) is 0 Å². The van der Waals surface area contributed by atoms with Crippen molar-refractivity contribution in [2.45, 2.75) is 4.90 Å². The van der Waals surface area contributed by atoms with Gasteiger partial charge in [-0.3, -0.25) is 4.79 Å². The van der Waals surface area contributed by atoms with Crippen LogP contribution < -0.4 is 10.6 Å². The summed E-state index contributed by atoms with van der Waals surface area (Å²) in [5.41, 5.74) is 6.67. The van der Waals surface area contributed by atoms with Gasteiger partial charge in [-0.05, 0) is 24.3 Å². The van der Waals surface area contributed by atoms with Crippen LogP contribution in [0, 0.1) is 0 Å². The summed E-state index contributed by atoms with van der Waals surface area (Å²) in [6, 6.07) is 6.46. The van der Waals surface area contributed by atoms with E-state index in [1.807, 2.05) is 0 Å². The summed E-state index contributed by atoms with van der Waals surface area (Å²) in [6.07, 6.45) is 1.48. The Balaban J connectivity index is 1.78. The SMILES string of the molecule is NC(=O)c1nccc2c1[nH]c1ccc(S(=O)(=O)NN3CCOCC3)cc12. The number of morpholine rings is 1. The predicted octanol–water partition coefficient (Wildman–Crippen LogP) is 0.340. The lowest BCUT2D eigenvalue weighted by Crippen LogP contribution is -2.48. The van der Waals surface area contributed by atoms with Crippen LogP contribution in [0.15, 0.2) is 35.4 Å². The van der Waals surface area contributed by atoms with Gasteiger partial charge in [-0.1, -0.05) is 0 Å². The molecule has 1 aliphatic heterocycles. The standard InChI is InChI=1S/C16H17N5O4S/c17-16(22)15-14-11(3-4-18-15)12-9-10(1-2-13(12)19-14)26(23,24)20-21-5-7-25-8-6-21/h1-4,9,19-20H,5-8H2,(H2,17,22). The molecular weight excluding hydrogens is 358 g/mol. The molecule has 0 saturated carbocycles. The molecule has 2 aromatic heterocycles. The number of rotatable bonds is 4. The van der Waals surface area contributed by atoms with Gasteiger partial charge in [0.2, 0.25) is 0 Å². The molecule has 0 bridgehead atoms. The lowest BCUT2D eigenvalue weighted by molar-refractivity contribution is 0.0272. The summed E-state index contributed by atoms with van der Waals surface area (Å²) in [6.45, 7) is 1.93. The molecule has 4 rings (SSSR count). The van der Waals surface area contributed by atoms with E-state index in [0.717, 1.165) is 0 Å². The number of nitrogens with zero attached hydrogens (tertiary/aromatic N) is 2. The van der Waals surface area contributed by atoms with Crippen molar-refractivity contribution >= 4 is 37.7 Å². The molecule has 0 unspecified atom stereocenters. The van der Waals surface area contributed by atoms with Crippen molar-refractivity contribution in [3.05, 3.63) is 36.2 Å². The number of aromatic amines is 1. The normalized spacial score (nSPS) is 16.3. The van der Waals surface area contributed by atoms with E-state index in [1.165, 1.54) is 12.3 Å². The lowest BCUT2D eigenvalue weighted by atomic mass is 10.1. The van der Waals surface area contributed by atoms with Crippen LogP contribution in [0.1, 0.15) is 10.5 Å². The first-order chi connectivity index (χ1) is 12.5. The van der Waals surface area contributed by atoms with Crippen molar-refractivity contribution in [2.24, 2.45) is 5.73 Å². The number of pyridine rings is 1. The Morgan fingerprint density at radius 1 is 1.23 bits per heavy atom. The summed E-state index contributed by atoms with van der Waals surface area (Å²) in [7, 11) is -3.73. The molecule has 26 heavy (non-hydrogen) atoms. The highest BCUT2D eigenvalue weighted by molar-refractivity contribution is 7.89. The first kappa shape index (κ1) is 16.9. The fraction of sp³-hybridized carbons (Fsp3) is 0.250. The van der Waals surface area contributed by atoms with Crippen LogP contribution in [-0.2, 0) is 14.8 Å². The fourth-order valence-corrected chi connectivity index (χ4v) is 4.18. The molecule has 1 amide bonds. The predicted molar refractivity (Wildman–Crippen MR) is 94.8 cm³/mol. The van der Waals surface area contributed by atoms with Crippen LogP contribution in [0.4, 0.5) is 0 Å². The number of hydrogen-bond acceptors (Lipinski definition) is 6. The Kier molecular flexibility index (Phi) is 4.11. The number of hydrazine groups is 1. The number of benzene rings is 1. The van der Waals surface area contributed by atoms with E-state index in [0.29, 0.717) is 48.1 Å². The molecule has 3 aromatic rings. The fourth-order valence-electron chi connectivity index (χ4n) is 3.03. The third-order valence-corrected chi connectivity index (χ3v) is 5.67. The van der Waals surface area contributed by atoms with Crippen molar-refractivity contribution in [2.75, 3.05) is 26.3 Å². The van der Waals surface area contributed by atoms with Gasteiger partial charge in [-0.15, -0.1) is 4.83 Å². The van der Waals surface area contributed by atoms with Crippen LogP contribution >= 0.6 is 0 Å². The van der Waals surface area contributed by atoms with E-state index < -0.39 is 15.9 Å². The van der Waals surface area contributed by atoms with Crippen molar-refractivity contribution < 1.29 is 17.9 Å². The third-order valence-electron chi connectivity index (χ3n) is 4.30. The zero-order chi connectivity index (χ0) is 18.3. The van der Waals surface area contributed by atoms with Crippen LogP contribution in [0.25, 0.3) is 21.8 Å². The molecule has 0 aliphatic carbocycles. The average Bonchev–Trinajstić information content (AvgIpc) is 3.00. The van der Waals surface area contributed by atoms with E-state index in [1.54, 1.807) is 23.2 Å². The number of nitrogens with two attached hydrogens (primary N) is 1. The number of sulfonamides is 1. The number of nitrogens with one attached hydrogen (secondary N) is 2. The van der Waals surface area contributed by atoms with Gasteiger partial charge in [0.1, 0.15) is 0 Å². The summed E-state index contributed by atoms with van der Waals surface area (Å²) in [4.78, 5) is 21.3. The molecule has 1 fully saturated rings. The van der Waals surface area contributed by atoms with Gasteiger partial charge in [0.15, 0.2) is 5.69 Å². The smallest absolute Gasteiger partial charge is 0.269 e. The number of carbonyl (C=O) groups is 1. The van der Waals surface area contributed by atoms with Crippen molar-refractivity contribution in [1.82, 2.24) is 19.8 Å². The van der Waals surface area contributed by atoms with Gasteiger partial charge in [0.25, 0.3) is 15.9 Å². The molecule has 0 spiro atoms. The third kappa shape index (κ3) is 2.92. The van der Waals surface area contributed by atoms with Crippen LogP contribution in [0.2, 0.25) is 0 Å². The lowest BCUT2D eigenvalue weighted by Gasteiger charge is -2.26. The zero-order valence-corrected chi connectivity index (χ0v) is 14.5. The van der Waals surface area contributed by atoms with Gasteiger partial charge >= 0.3 is 0 Å². The molecule has 3 heterocycles. The summed E-state index contributed by atoms with van der Waals surface area (Å²) in [5.74, 6) is -0.649. The molecule has 4 N–H and O–H groups in total. The number of carbonyl (C=O) groups excluding carboxylic acids is 1. The molecule has 1 aliphatic rings. The van der Waals surface area contributed by atoms with Crippen molar-refractivity contribution in [3.63, 3.8) is 0 Å². The topological polar surface area (TPSA) is 130 Å². The number of H-pyrrole nitrogens is 1. The first-order valence-electron chi connectivity index (χ1n) is 8.01. The monoisotopic (exact) mass is 375 g/mol. The molecule has 1 aromatic carbocycles. The minimum absolute atomic E-state index is 0.120. The molecule has 0 radical (unpaired) electrons. The Morgan fingerprint density at radius 3 is 2.73 bits per heavy atom. The maximum atomic E-state index is 12.7. The number of ether oxygens (including phenoxy) is 1. The second kappa shape index (κ2) is 6.32. The van der Waals surface area contributed by atoms with Gasteiger partial charge < -0.3 is 15.5 Å². The largest absolute Gasteiger partial charge is 0.379 e. The summed E-state index contributed by atoms with van der Waals surface area (Å²) < 4.78 is 30.6. The highest BCUT2D eigenvalue weighted by Gasteiger charge is 2.21. The average molecular weight is 375 g/mol. The van der Waals surface area contributed by atoms with Gasteiger partial charge in [0.05, 0.1) is 23.6 Å². The van der Waals surface area contributed by atoms with Crippen LogP contribution in [0.5, 0.6) is 0 Å². The number of amides is 1. The Morgan fingerprint density at radius 2 is 2.00 bits per heavy atom. The molecule has 0 atom stereocenters. The number of fused-ring (bicyclic) bond motifs is 3. The molecule has 10 heteroatoms. The highest BCUT2D eigenvalue weighted by Crippen LogP contribution is 2.28. The molecule has 1 saturated heterocycles. The van der Waals surface area contributed by atoms with Gasteiger partial charge in [-0.25, -0.2) is 18.4 Å². The molecule has 136 valence electrons. The van der Waals surface area contributed by atoms with Crippen LogP contribution in [-0.4, -0.2) is 55.6 Å². The maximum absolute atomic E-state index is 12.7.